The second-order valence-electron chi connectivity index (χ2n) is 6.47. The van der Waals surface area contributed by atoms with Gasteiger partial charge in [0.2, 0.25) is 17.7 Å². The molecule has 0 aromatic rings. The number of aliphatic hydroxyl groups excluding tert-OH is 2. The predicted molar refractivity (Wildman–Crippen MR) is 103 cm³/mol. The minimum Gasteiger partial charge on any atom is -0.480 e. The van der Waals surface area contributed by atoms with Crippen molar-refractivity contribution in [3.8, 4) is 0 Å². The average Bonchev–Trinajstić information content (AvgIpc) is 2.65. The summed E-state index contributed by atoms with van der Waals surface area (Å²) >= 11 is 3.87. The van der Waals surface area contributed by atoms with E-state index in [1.54, 1.807) is 13.8 Å². The van der Waals surface area contributed by atoms with Crippen LogP contribution in [0, 0.1) is 5.92 Å². The minimum absolute atomic E-state index is 0.0272. The molecule has 0 aliphatic rings. The van der Waals surface area contributed by atoms with E-state index >= 15 is 0 Å². The van der Waals surface area contributed by atoms with Gasteiger partial charge in [-0.15, -0.1) is 0 Å². The molecular formula is C16H30N4O7S. The van der Waals surface area contributed by atoms with Crippen LogP contribution in [-0.4, -0.2) is 81.6 Å². The number of hydrogen-bond acceptors (Lipinski definition) is 8. The zero-order valence-corrected chi connectivity index (χ0v) is 17.0. The number of amides is 3. The monoisotopic (exact) mass is 422 g/mol. The number of nitrogens with one attached hydrogen (secondary N) is 3. The fourth-order valence-corrected chi connectivity index (χ4v) is 2.31. The number of aliphatic carboxylic acids is 1. The fraction of sp³-hybridized carbons (Fsp3) is 0.750. The molecule has 12 heteroatoms. The molecular weight excluding hydrogens is 392 g/mol. The van der Waals surface area contributed by atoms with E-state index in [1.807, 2.05) is 0 Å². The van der Waals surface area contributed by atoms with Crippen molar-refractivity contribution in [2.75, 3.05) is 12.4 Å². The third kappa shape index (κ3) is 8.00. The summed E-state index contributed by atoms with van der Waals surface area (Å²) in [5, 5.41) is 34.8. The van der Waals surface area contributed by atoms with Crippen molar-refractivity contribution in [2.45, 2.75) is 57.5 Å². The van der Waals surface area contributed by atoms with Crippen molar-refractivity contribution >= 4 is 36.3 Å². The summed E-state index contributed by atoms with van der Waals surface area (Å²) in [6.45, 7) is 3.89. The quantitative estimate of drug-likeness (QED) is 0.155. The fourth-order valence-electron chi connectivity index (χ4n) is 2.14. The molecule has 0 heterocycles. The zero-order chi connectivity index (χ0) is 22.0. The molecule has 0 aliphatic heterocycles. The standard InChI is InChI=1S/C16H30N4O7S/c1-4-7(2)11(15(25)20-12(8(3)22)16(26)27)19-14(24)10(5-21)18-13(23)9(17)6-28/h7-12,21-22,28H,4-6,17H2,1-3H3,(H,18,23)(H,19,24)(H,20,25)(H,26,27). The van der Waals surface area contributed by atoms with Crippen molar-refractivity contribution in [1.82, 2.24) is 16.0 Å². The maximum Gasteiger partial charge on any atom is 0.328 e. The van der Waals surface area contributed by atoms with Gasteiger partial charge in [-0.2, -0.15) is 12.6 Å². The van der Waals surface area contributed by atoms with Gasteiger partial charge in [0.25, 0.3) is 0 Å². The highest BCUT2D eigenvalue weighted by Crippen LogP contribution is 2.09. The first kappa shape index (κ1) is 26.1. The number of aliphatic hydroxyl groups is 2. The van der Waals surface area contributed by atoms with Gasteiger partial charge in [-0.3, -0.25) is 14.4 Å². The number of thiol groups is 1. The molecule has 0 saturated heterocycles. The first-order valence-corrected chi connectivity index (χ1v) is 9.42. The smallest absolute Gasteiger partial charge is 0.328 e. The van der Waals surface area contributed by atoms with E-state index in [2.05, 4.69) is 28.6 Å². The van der Waals surface area contributed by atoms with E-state index in [-0.39, 0.29) is 5.75 Å². The zero-order valence-electron chi connectivity index (χ0n) is 16.1. The van der Waals surface area contributed by atoms with Crippen LogP contribution in [0.3, 0.4) is 0 Å². The second-order valence-corrected chi connectivity index (χ2v) is 6.83. The largest absolute Gasteiger partial charge is 0.480 e. The Hall–Kier alpha value is -1.89. The van der Waals surface area contributed by atoms with Gasteiger partial charge in [-0.05, 0) is 12.8 Å². The van der Waals surface area contributed by atoms with Crippen molar-refractivity contribution in [2.24, 2.45) is 11.7 Å². The van der Waals surface area contributed by atoms with Gasteiger partial charge in [0.15, 0.2) is 6.04 Å². The molecule has 0 saturated carbocycles. The van der Waals surface area contributed by atoms with Gasteiger partial charge in [-0.25, -0.2) is 4.79 Å². The topological polar surface area (TPSA) is 191 Å². The summed E-state index contributed by atoms with van der Waals surface area (Å²) in [4.78, 5) is 47.9. The van der Waals surface area contributed by atoms with Crippen molar-refractivity contribution in [3.63, 3.8) is 0 Å². The lowest BCUT2D eigenvalue weighted by Gasteiger charge is -2.28. The highest BCUT2D eigenvalue weighted by molar-refractivity contribution is 7.80. The van der Waals surface area contributed by atoms with Crippen LogP contribution in [0.15, 0.2) is 0 Å². The maximum absolute atomic E-state index is 12.5. The highest BCUT2D eigenvalue weighted by atomic mass is 32.1. The molecule has 8 N–H and O–H groups in total. The van der Waals surface area contributed by atoms with Gasteiger partial charge < -0.3 is 37.0 Å². The van der Waals surface area contributed by atoms with Crippen molar-refractivity contribution < 1.29 is 34.5 Å². The first-order chi connectivity index (χ1) is 13.0. The molecule has 0 aromatic carbocycles. The third-order valence-electron chi connectivity index (χ3n) is 4.19. The van der Waals surface area contributed by atoms with E-state index < -0.39 is 66.5 Å². The third-order valence-corrected chi connectivity index (χ3v) is 4.58. The Bertz CT molecular complexity index is 561. The molecule has 6 unspecified atom stereocenters. The number of carbonyl (C=O) groups excluding carboxylic acids is 3. The normalized spacial score (nSPS) is 17.4. The summed E-state index contributed by atoms with van der Waals surface area (Å²) in [5.41, 5.74) is 5.51. The minimum atomic E-state index is -1.56. The van der Waals surface area contributed by atoms with Gasteiger partial charge >= 0.3 is 5.97 Å². The lowest BCUT2D eigenvalue weighted by molar-refractivity contribution is -0.145. The lowest BCUT2D eigenvalue weighted by atomic mass is 9.97. The molecule has 0 radical (unpaired) electrons. The number of rotatable bonds is 12. The molecule has 0 bridgehead atoms. The SMILES string of the molecule is CCC(C)C(NC(=O)C(CO)NC(=O)C(N)CS)C(=O)NC(C(=O)O)C(C)O. The Morgan fingerprint density at radius 1 is 1.00 bits per heavy atom. The van der Waals surface area contributed by atoms with Crippen LogP contribution >= 0.6 is 12.6 Å². The van der Waals surface area contributed by atoms with E-state index in [1.165, 1.54) is 6.92 Å². The lowest BCUT2D eigenvalue weighted by Crippen LogP contribution is -2.60. The van der Waals surface area contributed by atoms with Gasteiger partial charge in [0.1, 0.15) is 12.1 Å². The number of carbonyl (C=O) groups is 4. The Morgan fingerprint density at radius 3 is 1.93 bits per heavy atom. The number of carboxylic acids is 1. The summed E-state index contributed by atoms with van der Waals surface area (Å²) in [7, 11) is 0. The molecule has 0 fully saturated rings. The van der Waals surface area contributed by atoms with Crippen molar-refractivity contribution in [1.29, 1.82) is 0 Å². The van der Waals surface area contributed by atoms with E-state index in [0.29, 0.717) is 6.42 Å². The highest BCUT2D eigenvalue weighted by Gasteiger charge is 2.33. The summed E-state index contributed by atoms with van der Waals surface area (Å²) < 4.78 is 0. The molecule has 0 aromatic heterocycles. The van der Waals surface area contributed by atoms with E-state index in [9.17, 15) is 29.4 Å². The summed E-state index contributed by atoms with van der Waals surface area (Å²) in [6.07, 6.45) is -0.896. The molecule has 3 amide bonds. The van der Waals surface area contributed by atoms with Crippen LogP contribution < -0.4 is 21.7 Å². The molecule has 6 atom stereocenters. The van der Waals surface area contributed by atoms with Gasteiger partial charge in [0, 0.05) is 5.75 Å². The predicted octanol–water partition coefficient (Wildman–Crippen LogP) is -2.80. The summed E-state index contributed by atoms with van der Waals surface area (Å²) in [5.74, 6) is -4.16. The summed E-state index contributed by atoms with van der Waals surface area (Å²) in [6, 6.07) is -5.05. The van der Waals surface area contributed by atoms with Gasteiger partial charge in [-0.1, -0.05) is 20.3 Å². The van der Waals surface area contributed by atoms with Crippen LogP contribution in [0.4, 0.5) is 0 Å². The van der Waals surface area contributed by atoms with Crippen LogP contribution in [0.1, 0.15) is 27.2 Å². The molecule has 28 heavy (non-hydrogen) atoms. The molecule has 0 spiro atoms. The Balaban J connectivity index is 5.30. The second kappa shape index (κ2) is 12.5. The average molecular weight is 423 g/mol. The van der Waals surface area contributed by atoms with E-state index in [4.69, 9.17) is 10.8 Å². The number of nitrogens with two attached hydrogens (primary N) is 1. The molecule has 162 valence electrons. The van der Waals surface area contributed by atoms with Crippen LogP contribution in [-0.2, 0) is 19.2 Å². The van der Waals surface area contributed by atoms with Crippen LogP contribution in [0.25, 0.3) is 0 Å². The Kier molecular flexibility index (Phi) is 11.7. The number of carboxylic acid groups (broad SMARTS) is 1. The van der Waals surface area contributed by atoms with E-state index in [0.717, 1.165) is 0 Å². The van der Waals surface area contributed by atoms with Crippen molar-refractivity contribution in [3.05, 3.63) is 0 Å². The first-order valence-electron chi connectivity index (χ1n) is 8.79. The Labute approximate surface area is 168 Å². The van der Waals surface area contributed by atoms with Crippen LogP contribution in [0.2, 0.25) is 0 Å². The van der Waals surface area contributed by atoms with Gasteiger partial charge in [0.05, 0.1) is 18.8 Å². The molecule has 0 rings (SSSR count). The number of hydrogen-bond donors (Lipinski definition) is 8. The Morgan fingerprint density at radius 2 is 1.54 bits per heavy atom. The maximum atomic E-state index is 12.5. The van der Waals surface area contributed by atoms with Crippen LogP contribution in [0.5, 0.6) is 0 Å². The molecule has 0 aliphatic carbocycles. The molecule has 11 nitrogen and oxygen atoms in total.